The Labute approximate surface area is 188 Å². The van der Waals surface area contributed by atoms with Gasteiger partial charge >= 0.3 is 6.01 Å². The molecule has 2 N–H and O–H groups in total. The number of ether oxygens (including phenoxy) is 2. The Hall–Kier alpha value is -3.65. The quantitative estimate of drug-likeness (QED) is 0.499. The Morgan fingerprint density at radius 3 is 2.78 bits per heavy atom. The van der Waals surface area contributed by atoms with Crippen LogP contribution in [0.15, 0.2) is 61.3 Å². The van der Waals surface area contributed by atoms with Gasteiger partial charge in [-0.1, -0.05) is 24.8 Å². The number of benzene rings is 1. The van der Waals surface area contributed by atoms with E-state index in [9.17, 15) is 0 Å². The van der Waals surface area contributed by atoms with E-state index < -0.39 is 0 Å². The minimum absolute atomic E-state index is 0.318. The van der Waals surface area contributed by atoms with Crippen molar-refractivity contribution in [1.82, 2.24) is 20.4 Å². The fraction of sp³-hybridized carbons (Fsp3) is 0.292. The van der Waals surface area contributed by atoms with Crippen LogP contribution < -0.4 is 20.5 Å². The maximum absolute atomic E-state index is 5.90. The molecule has 8 heteroatoms. The number of morpholine rings is 1. The van der Waals surface area contributed by atoms with Gasteiger partial charge in [-0.2, -0.15) is 9.97 Å². The second-order valence-electron chi connectivity index (χ2n) is 7.51. The zero-order valence-corrected chi connectivity index (χ0v) is 18.3. The summed E-state index contributed by atoms with van der Waals surface area (Å²) in [5, 5.41) is 0. The van der Waals surface area contributed by atoms with Gasteiger partial charge < -0.3 is 19.8 Å². The molecular formula is C24H28N6O2. The van der Waals surface area contributed by atoms with Crippen molar-refractivity contribution in [2.45, 2.75) is 13.3 Å². The molecule has 0 atom stereocenters. The molecular weight excluding hydrogens is 404 g/mol. The number of anilines is 2. The van der Waals surface area contributed by atoms with Crippen LogP contribution >= 0.6 is 0 Å². The van der Waals surface area contributed by atoms with Crippen molar-refractivity contribution >= 4 is 17.2 Å². The average molecular weight is 433 g/mol. The van der Waals surface area contributed by atoms with E-state index in [0.29, 0.717) is 43.6 Å². The lowest BCUT2D eigenvalue weighted by Crippen LogP contribution is -2.37. The predicted molar refractivity (Wildman–Crippen MR) is 125 cm³/mol. The average Bonchev–Trinajstić information content (AvgIpc) is 2.84. The monoisotopic (exact) mass is 432 g/mol. The molecule has 1 aliphatic heterocycles. The van der Waals surface area contributed by atoms with Crippen molar-refractivity contribution in [3.63, 3.8) is 0 Å². The van der Waals surface area contributed by atoms with Gasteiger partial charge in [0.15, 0.2) is 0 Å². The van der Waals surface area contributed by atoms with E-state index in [2.05, 4.69) is 37.3 Å². The molecule has 8 nitrogen and oxygen atoms in total. The lowest BCUT2D eigenvalue weighted by atomic mass is 10.2. The standard InChI is InChI=1S/C24H28N6O2/c1-18-6-5-8-21(16-18)29-28-19(2)22-17-23(30-11-14-31-15-12-30)27-24(26-22)32-13-9-20-7-3-4-10-25-20/h3-8,10,16-17,28-29H,2,9,11-15H2,1H3. The van der Waals surface area contributed by atoms with E-state index in [1.807, 2.05) is 55.5 Å². The molecule has 3 heterocycles. The first kappa shape index (κ1) is 21.6. The second kappa shape index (κ2) is 10.6. The number of hydrogen-bond donors (Lipinski definition) is 2. The topological polar surface area (TPSA) is 84.4 Å². The van der Waals surface area contributed by atoms with Crippen LogP contribution in [0.1, 0.15) is 17.0 Å². The smallest absolute Gasteiger partial charge is 0.318 e. The number of aryl methyl sites for hydroxylation is 1. The Kier molecular flexibility index (Phi) is 7.14. The molecule has 4 rings (SSSR count). The summed E-state index contributed by atoms with van der Waals surface area (Å²) in [6.07, 6.45) is 2.45. The van der Waals surface area contributed by atoms with Gasteiger partial charge in [-0.25, -0.2) is 0 Å². The minimum atomic E-state index is 0.318. The van der Waals surface area contributed by atoms with Crippen LogP contribution in [0, 0.1) is 6.92 Å². The first-order valence-corrected chi connectivity index (χ1v) is 10.7. The van der Waals surface area contributed by atoms with Gasteiger partial charge in [-0.3, -0.25) is 10.4 Å². The summed E-state index contributed by atoms with van der Waals surface area (Å²) in [6, 6.07) is 16.2. The van der Waals surface area contributed by atoms with Crippen LogP contribution in [0.25, 0.3) is 5.70 Å². The summed E-state index contributed by atoms with van der Waals surface area (Å²) >= 11 is 0. The molecule has 0 bridgehead atoms. The Morgan fingerprint density at radius 2 is 2.00 bits per heavy atom. The number of nitrogens with one attached hydrogen (secondary N) is 2. The maximum Gasteiger partial charge on any atom is 0.318 e. The lowest BCUT2D eigenvalue weighted by Gasteiger charge is -2.28. The van der Waals surface area contributed by atoms with Gasteiger partial charge in [-0.15, -0.1) is 0 Å². The van der Waals surface area contributed by atoms with E-state index in [0.717, 1.165) is 30.3 Å². The Balaban J connectivity index is 1.47. The van der Waals surface area contributed by atoms with Crippen LogP contribution in [-0.4, -0.2) is 47.9 Å². The molecule has 0 unspecified atom stereocenters. The van der Waals surface area contributed by atoms with Gasteiger partial charge in [0.05, 0.1) is 36.9 Å². The third-order valence-corrected chi connectivity index (χ3v) is 5.03. The van der Waals surface area contributed by atoms with Gasteiger partial charge in [0.1, 0.15) is 5.82 Å². The largest absolute Gasteiger partial charge is 0.463 e. The van der Waals surface area contributed by atoms with Crippen LogP contribution in [0.3, 0.4) is 0 Å². The summed E-state index contributed by atoms with van der Waals surface area (Å²) in [7, 11) is 0. The highest BCUT2D eigenvalue weighted by molar-refractivity contribution is 5.63. The molecule has 3 aromatic rings. The van der Waals surface area contributed by atoms with E-state index in [1.165, 1.54) is 5.56 Å². The van der Waals surface area contributed by atoms with Crippen molar-refractivity contribution in [2.75, 3.05) is 43.2 Å². The normalized spacial score (nSPS) is 13.5. The van der Waals surface area contributed by atoms with Crippen molar-refractivity contribution in [1.29, 1.82) is 0 Å². The summed E-state index contributed by atoms with van der Waals surface area (Å²) in [5.74, 6) is 0.796. The number of hydrogen-bond acceptors (Lipinski definition) is 8. The number of hydrazine groups is 1. The maximum atomic E-state index is 5.90. The molecule has 0 saturated carbocycles. The van der Waals surface area contributed by atoms with Crippen molar-refractivity contribution in [2.24, 2.45) is 0 Å². The predicted octanol–water partition coefficient (Wildman–Crippen LogP) is 3.23. The number of rotatable bonds is 9. The van der Waals surface area contributed by atoms with Crippen molar-refractivity contribution in [3.8, 4) is 6.01 Å². The van der Waals surface area contributed by atoms with E-state index >= 15 is 0 Å². The van der Waals surface area contributed by atoms with Crippen molar-refractivity contribution in [3.05, 3.63) is 78.3 Å². The van der Waals surface area contributed by atoms with Crippen LogP contribution in [-0.2, 0) is 11.2 Å². The molecule has 0 radical (unpaired) electrons. The summed E-state index contributed by atoms with van der Waals surface area (Å²) in [4.78, 5) is 15.7. The van der Waals surface area contributed by atoms with Gasteiger partial charge in [0.2, 0.25) is 0 Å². The fourth-order valence-corrected chi connectivity index (χ4v) is 3.31. The molecule has 1 aromatic carbocycles. The molecule has 0 amide bonds. The molecule has 0 aliphatic carbocycles. The number of pyridine rings is 1. The molecule has 166 valence electrons. The van der Waals surface area contributed by atoms with Crippen LogP contribution in [0.5, 0.6) is 6.01 Å². The Morgan fingerprint density at radius 1 is 1.12 bits per heavy atom. The van der Waals surface area contributed by atoms with E-state index in [1.54, 1.807) is 6.20 Å². The molecule has 2 aromatic heterocycles. The molecule has 1 fully saturated rings. The second-order valence-corrected chi connectivity index (χ2v) is 7.51. The van der Waals surface area contributed by atoms with Crippen LogP contribution in [0.4, 0.5) is 11.5 Å². The van der Waals surface area contributed by atoms with Crippen molar-refractivity contribution < 1.29 is 9.47 Å². The molecule has 0 spiro atoms. The first-order chi connectivity index (χ1) is 15.7. The van der Waals surface area contributed by atoms with Gasteiger partial charge in [0.25, 0.3) is 0 Å². The zero-order valence-electron chi connectivity index (χ0n) is 18.3. The molecule has 1 saturated heterocycles. The third kappa shape index (κ3) is 5.95. The SMILES string of the molecule is C=C(NNc1cccc(C)c1)c1cc(N2CCOCC2)nc(OCCc2ccccn2)n1. The highest BCUT2D eigenvalue weighted by Crippen LogP contribution is 2.21. The number of nitrogens with zero attached hydrogens (tertiary/aromatic N) is 4. The van der Waals surface area contributed by atoms with E-state index in [-0.39, 0.29) is 0 Å². The highest BCUT2D eigenvalue weighted by Gasteiger charge is 2.17. The zero-order chi connectivity index (χ0) is 22.2. The molecule has 32 heavy (non-hydrogen) atoms. The highest BCUT2D eigenvalue weighted by atomic mass is 16.5. The number of aromatic nitrogens is 3. The fourth-order valence-electron chi connectivity index (χ4n) is 3.31. The van der Waals surface area contributed by atoms with Crippen LogP contribution in [0.2, 0.25) is 0 Å². The lowest BCUT2D eigenvalue weighted by molar-refractivity contribution is 0.122. The van der Waals surface area contributed by atoms with Gasteiger partial charge in [-0.05, 0) is 36.8 Å². The minimum Gasteiger partial charge on any atom is -0.463 e. The summed E-state index contributed by atoms with van der Waals surface area (Å²) in [6.45, 7) is 9.51. The first-order valence-electron chi connectivity index (χ1n) is 10.7. The molecule has 1 aliphatic rings. The van der Waals surface area contributed by atoms with Gasteiger partial charge in [0, 0.05) is 37.5 Å². The summed E-state index contributed by atoms with van der Waals surface area (Å²) < 4.78 is 11.4. The van der Waals surface area contributed by atoms with E-state index in [4.69, 9.17) is 9.47 Å². The third-order valence-electron chi connectivity index (χ3n) is 5.03. The summed E-state index contributed by atoms with van der Waals surface area (Å²) in [5.41, 5.74) is 10.7. The Bertz CT molecular complexity index is 1040.